The molecule has 0 amide bonds. The van der Waals surface area contributed by atoms with Crippen molar-refractivity contribution in [3.63, 3.8) is 0 Å². The standard InChI is InChI=1S/C21H38O7S/c1-3-5-6-7-8-9-10-11-12-13-14-15-17-27-20(22)18-19(29(24,25)26)21(23)28-16-4-2/h4,19H,2-3,5-18H2,1H3,(H,24,25,26). The monoisotopic (exact) mass is 434 g/mol. The number of carbonyl (C=O) groups excluding carboxylic acids is 2. The van der Waals surface area contributed by atoms with Crippen LogP contribution in [0, 0.1) is 0 Å². The molecule has 0 spiro atoms. The molecule has 0 bridgehead atoms. The zero-order chi connectivity index (χ0) is 22.0. The van der Waals surface area contributed by atoms with Gasteiger partial charge < -0.3 is 9.47 Å². The summed E-state index contributed by atoms with van der Waals surface area (Å²) in [5.74, 6) is -2.05. The van der Waals surface area contributed by atoms with Crippen molar-refractivity contribution in [3.8, 4) is 0 Å². The van der Waals surface area contributed by atoms with Crippen LogP contribution in [0.1, 0.15) is 90.4 Å². The van der Waals surface area contributed by atoms with Crippen LogP contribution in [-0.4, -0.2) is 43.4 Å². The highest BCUT2D eigenvalue weighted by Crippen LogP contribution is 2.12. The number of rotatable bonds is 19. The summed E-state index contributed by atoms with van der Waals surface area (Å²) in [4.78, 5) is 23.4. The first-order valence-electron chi connectivity index (χ1n) is 10.7. The third kappa shape index (κ3) is 16.1. The molecular formula is C21H38O7S. The fourth-order valence-corrected chi connectivity index (χ4v) is 3.54. The molecule has 0 aliphatic carbocycles. The van der Waals surface area contributed by atoms with Gasteiger partial charge in [0.15, 0.2) is 5.25 Å². The Morgan fingerprint density at radius 3 is 1.83 bits per heavy atom. The van der Waals surface area contributed by atoms with Crippen molar-refractivity contribution in [1.29, 1.82) is 0 Å². The molecular weight excluding hydrogens is 396 g/mol. The van der Waals surface area contributed by atoms with Gasteiger partial charge in [-0.3, -0.25) is 14.1 Å². The summed E-state index contributed by atoms with van der Waals surface area (Å²) in [5.41, 5.74) is 0. The van der Waals surface area contributed by atoms with Crippen molar-refractivity contribution in [1.82, 2.24) is 0 Å². The molecule has 7 nitrogen and oxygen atoms in total. The van der Waals surface area contributed by atoms with E-state index in [1.165, 1.54) is 57.4 Å². The second kappa shape index (κ2) is 17.4. The lowest BCUT2D eigenvalue weighted by atomic mass is 10.1. The van der Waals surface area contributed by atoms with Crippen LogP contribution in [-0.2, 0) is 29.2 Å². The Morgan fingerprint density at radius 1 is 0.897 bits per heavy atom. The molecule has 0 aliphatic heterocycles. The van der Waals surface area contributed by atoms with Crippen molar-refractivity contribution < 1.29 is 32.0 Å². The molecule has 0 aromatic carbocycles. The summed E-state index contributed by atoms with van der Waals surface area (Å²) >= 11 is 0. The van der Waals surface area contributed by atoms with E-state index in [0.29, 0.717) is 6.42 Å². The lowest BCUT2D eigenvalue weighted by Gasteiger charge is -2.12. The normalized spacial score (nSPS) is 12.3. The highest BCUT2D eigenvalue weighted by Gasteiger charge is 2.35. The van der Waals surface area contributed by atoms with E-state index in [2.05, 4.69) is 18.2 Å². The summed E-state index contributed by atoms with van der Waals surface area (Å²) < 4.78 is 41.3. The Bertz CT molecular complexity index is 557. The third-order valence-electron chi connectivity index (χ3n) is 4.58. The minimum atomic E-state index is -4.76. The molecule has 1 unspecified atom stereocenters. The molecule has 0 aromatic rings. The van der Waals surface area contributed by atoms with Crippen molar-refractivity contribution in [2.45, 2.75) is 95.6 Å². The van der Waals surface area contributed by atoms with Crippen LogP contribution in [0.3, 0.4) is 0 Å². The van der Waals surface area contributed by atoms with Crippen LogP contribution in [0.4, 0.5) is 0 Å². The largest absolute Gasteiger partial charge is 0.466 e. The van der Waals surface area contributed by atoms with Gasteiger partial charge in [0, 0.05) is 0 Å². The summed E-state index contributed by atoms with van der Waals surface area (Å²) in [7, 11) is -4.76. The Hall–Kier alpha value is -1.41. The lowest BCUT2D eigenvalue weighted by Crippen LogP contribution is -2.34. The molecule has 0 saturated carbocycles. The molecule has 0 rings (SSSR count). The van der Waals surface area contributed by atoms with Crippen LogP contribution < -0.4 is 0 Å². The summed E-state index contributed by atoms with van der Waals surface area (Å²) in [6.45, 7) is 5.51. The van der Waals surface area contributed by atoms with E-state index in [4.69, 9.17) is 9.29 Å². The number of hydrogen-bond donors (Lipinski definition) is 1. The SMILES string of the molecule is C=CCOC(=O)C(CC(=O)OCCCCCCCCCCCCCC)S(=O)(=O)O. The second-order valence-electron chi connectivity index (χ2n) is 7.24. The van der Waals surface area contributed by atoms with Crippen LogP contribution in [0.2, 0.25) is 0 Å². The molecule has 0 radical (unpaired) electrons. The predicted molar refractivity (Wildman–Crippen MR) is 113 cm³/mol. The summed E-state index contributed by atoms with van der Waals surface area (Å²) in [6.07, 6.45) is 14.7. The fraction of sp³-hybridized carbons (Fsp3) is 0.810. The molecule has 170 valence electrons. The van der Waals surface area contributed by atoms with E-state index in [1.54, 1.807) is 0 Å². The Kier molecular flexibility index (Phi) is 16.6. The van der Waals surface area contributed by atoms with Gasteiger partial charge in [-0.05, 0) is 6.42 Å². The highest BCUT2D eigenvalue weighted by atomic mass is 32.2. The Labute approximate surface area is 176 Å². The zero-order valence-electron chi connectivity index (χ0n) is 17.8. The topological polar surface area (TPSA) is 107 Å². The van der Waals surface area contributed by atoms with Crippen molar-refractivity contribution in [2.24, 2.45) is 0 Å². The average Bonchev–Trinajstić information content (AvgIpc) is 2.67. The van der Waals surface area contributed by atoms with Gasteiger partial charge in [0.25, 0.3) is 10.1 Å². The molecule has 0 aromatic heterocycles. The Morgan fingerprint density at radius 2 is 1.38 bits per heavy atom. The van der Waals surface area contributed by atoms with Gasteiger partial charge in [0.05, 0.1) is 13.0 Å². The molecule has 1 atom stereocenters. The van der Waals surface area contributed by atoms with Gasteiger partial charge in [-0.25, -0.2) is 0 Å². The van der Waals surface area contributed by atoms with Crippen LogP contribution in [0.5, 0.6) is 0 Å². The molecule has 8 heteroatoms. The van der Waals surface area contributed by atoms with Gasteiger partial charge in [-0.15, -0.1) is 0 Å². The zero-order valence-corrected chi connectivity index (χ0v) is 18.6. The smallest absolute Gasteiger partial charge is 0.327 e. The second-order valence-corrected chi connectivity index (χ2v) is 8.83. The number of unbranched alkanes of at least 4 members (excludes halogenated alkanes) is 11. The number of ether oxygens (including phenoxy) is 2. The van der Waals surface area contributed by atoms with Crippen molar-refractivity contribution >= 4 is 22.1 Å². The van der Waals surface area contributed by atoms with E-state index in [9.17, 15) is 18.0 Å². The molecule has 29 heavy (non-hydrogen) atoms. The van der Waals surface area contributed by atoms with E-state index >= 15 is 0 Å². The van der Waals surface area contributed by atoms with Gasteiger partial charge in [0.1, 0.15) is 6.61 Å². The van der Waals surface area contributed by atoms with Gasteiger partial charge >= 0.3 is 11.9 Å². The maximum atomic E-state index is 11.8. The minimum absolute atomic E-state index is 0.163. The number of carbonyl (C=O) groups is 2. The van der Waals surface area contributed by atoms with Gasteiger partial charge in [0.2, 0.25) is 0 Å². The highest BCUT2D eigenvalue weighted by molar-refractivity contribution is 7.87. The lowest BCUT2D eigenvalue weighted by molar-refractivity contribution is -0.149. The Balaban J connectivity index is 3.79. The maximum Gasteiger partial charge on any atom is 0.327 e. The van der Waals surface area contributed by atoms with E-state index in [0.717, 1.165) is 19.3 Å². The number of hydrogen-bond acceptors (Lipinski definition) is 6. The van der Waals surface area contributed by atoms with Crippen molar-refractivity contribution in [3.05, 3.63) is 12.7 Å². The summed E-state index contributed by atoms with van der Waals surface area (Å²) in [6, 6.07) is 0. The quantitative estimate of drug-likeness (QED) is 0.137. The first-order chi connectivity index (χ1) is 13.8. The third-order valence-corrected chi connectivity index (χ3v) is 5.66. The first-order valence-corrected chi connectivity index (χ1v) is 12.2. The van der Waals surface area contributed by atoms with E-state index < -0.39 is 33.7 Å². The molecule has 0 aliphatic rings. The van der Waals surface area contributed by atoms with Crippen LogP contribution in [0.15, 0.2) is 12.7 Å². The first kappa shape index (κ1) is 27.6. The average molecular weight is 435 g/mol. The molecule has 0 saturated heterocycles. The van der Waals surface area contributed by atoms with E-state index in [-0.39, 0.29) is 13.2 Å². The minimum Gasteiger partial charge on any atom is -0.466 e. The van der Waals surface area contributed by atoms with Crippen LogP contribution >= 0.6 is 0 Å². The van der Waals surface area contributed by atoms with Gasteiger partial charge in [-0.1, -0.05) is 90.2 Å². The van der Waals surface area contributed by atoms with Crippen molar-refractivity contribution in [2.75, 3.05) is 13.2 Å². The summed E-state index contributed by atoms with van der Waals surface area (Å²) in [5, 5.41) is -1.98. The molecule has 0 fully saturated rings. The predicted octanol–water partition coefficient (Wildman–Crippen LogP) is 4.61. The molecule has 0 heterocycles. The molecule has 1 N–H and O–H groups in total. The van der Waals surface area contributed by atoms with Gasteiger partial charge in [-0.2, -0.15) is 8.42 Å². The van der Waals surface area contributed by atoms with E-state index in [1.807, 2.05) is 0 Å². The maximum absolute atomic E-state index is 11.8. The number of esters is 2. The fourth-order valence-electron chi connectivity index (χ4n) is 2.88. The van der Waals surface area contributed by atoms with Crippen LogP contribution in [0.25, 0.3) is 0 Å².